The number of likely N-dealkylation sites (N-methyl/N-ethyl adjacent to an activating group) is 1. The third-order valence-electron chi connectivity index (χ3n) is 3.47. The van der Waals surface area contributed by atoms with Crippen LogP contribution in [0.25, 0.3) is 0 Å². The van der Waals surface area contributed by atoms with Crippen LogP contribution in [0.1, 0.15) is 12.0 Å². The molecule has 0 aliphatic carbocycles. The lowest BCUT2D eigenvalue weighted by Crippen LogP contribution is -2.35. The van der Waals surface area contributed by atoms with E-state index in [9.17, 15) is 4.79 Å². The number of anilines is 1. The summed E-state index contributed by atoms with van der Waals surface area (Å²) in [7, 11) is 2.10. The van der Waals surface area contributed by atoms with Crippen LogP contribution in [0.3, 0.4) is 0 Å². The quantitative estimate of drug-likeness (QED) is 0.792. The molecule has 18 heavy (non-hydrogen) atoms. The largest absolute Gasteiger partial charge is 0.398 e. The van der Waals surface area contributed by atoms with Gasteiger partial charge in [0.2, 0.25) is 5.91 Å². The van der Waals surface area contributed by atoms with Gasteiger partial charge in [0.05, 0.1) is 6.42 Å². The molecule has 4 heteroatoms. The van der Waals surface area contributed by atoms with Crippen molar-refractivity contribution in [1.29, 1.82) is 0 Å². The highest BCUT2D eigenvalue weighted by molar-refractivity contribution is 5.80. The van der Waals surface area contributed by atoms with E-state index in [1.54, 1.807) is 0 Å². The lowest BCUT2D eigenvalue weighted by Gasteiger charge is -2.21. The molecule has 1 aliphatic heterocycles. The monoisotopic (exact) mass is 247 g/mol. The fourth-order valence-corrected chi connectivity index (χ4v) is 2.27. The van der Waals surface area contributed by atoms with Gasteiger partial charge in [-0.1, -0.05) is 18.2 Å². The third kappa shape index (κ3) is 3.23. The Morgan fingerprint density at radius 3 is 2.78 bits per heavy atom. The zero-order valence-corrected chi connectivity index (χ0v) is 10.9. The van der Waals surface area contributed by atoms with E-state index in [-0.39, 0.29) is 5.91 Å². The van der Waals surface area contributed by atoms with Crippen LogP contribution in [-0.4, -0.2) is 48.9 Å². The number of nitrogen functional groups attached to an aromatic ring is 1. The van der Waals surface area contributed by atoms with E-state index < -0.39 is 0 Å². The molecule has 1 saturated heterocycles. The molecule has 1 fully saturated rings. The molecule has 1 heterocycles. The average Bonchev–Trinajstić information content (AvgIpc) is 2.57. The summed E-state index contributed by atoms with van der Waals surface area (Å²) in [5.41, 5.74) is 7.51. The van der Waals surface area contributed by atoms with Crippen LogP contribution in [0, 0.1) is 0 Å². The first-order valence-electron chi connectivity index (χ1n) is 6.46. The standard InChI is InChI=1S/C14H21N3O/c1-16-7-4-8-17(10-9-16)14(18)11-12-5-2-3-6-13(12)15/h2-3,5-6H,4,7-11,15H2,1H3. The summed E-state index contributed by atoms with van der Waals surface area (Å²) in [5.74, 6) is 0.184. The number of hydrogen-bond acceptors (Lipinski definition) is 3. The minimum atomic E-state index is 0.184. The lowest BCUT2D eigenvalue weighted by atomic mass is 10.1. The van der Waals surface area contributed by atoms with Gasteiger partial charge in [-0.2, -0.15) is 0 Å². The molecule has 2 rings (SSSR count). The number of nitrogens with two attached hydrogens (primary N) is 1. The molecule has 1 aliphatic rings. The third-order valence-corrected chi connectivity index (χ3v) is 3.47. The number of amides is 1. The minimum Gasteiger partial charge on any atom is -0.398 e. The summed E-state index contributed by atoms with van der Waals surface area (Å²) in [4.78, 5) is 16.5. The topological polar surface area (TPSA) is 49.6 Å². The van der Waals surface area contributed by atoms with Gasteiger partial charge in [0.15, 0.2) is 0 Å². The predicted molar refractivity (Wildman–Crippen MR) is 73.3 cm³/mol. The lowest BCUT2D eigenvalue weighted by molar-refractivity contribution is -0.130. The Balaban J connectivity index is 1.97. The van der Waals surface area contributed by atoms with Crippen molar-refractivity contribution in [2.75, 3.05) is 39.0 Å². The van der Waals surface area contributed by atoms with Crippen molar-refractivity contribution in [2.24, 2.45) is 0 Å². The van der Waals surface area contributed by atoms with Crippen molar-refractivity contribution in [3.05, 3.63) is 29.8 Å². The number of rotatable bonds is 2. The molecule has 0 unspecified atom stereocenters. The maximum Gasteiger partial charge on any atom is 0.227 e. The van der Waals surface area contributed by atoms with Crippen molar-refractivity contribution in [1.82, 2.24) is 9.80 Å². The molecule has 4 nitrogen and oxygen atoms in total. The second-order valence-corrected chi connectivity index (χ2v) is 4.91. The zero-order valence-electron chi connectivity index (χ0n) is 10.9. The number of benzene rings is 1. The molecule has 0 bridgehead atoms. The maximum absolute atomic E-state index is 12.2. The summed E-state index contributed by atoms with van der Waals surface area (Å²) in [6, 6.07) is 7.59. The Hall–Kier alpha value is -1.55. The highest BCUT2D eigenvalue weighted by Crippen LogP contribution is 2.13. The molecule has 0 radical (unpaired) electrons. The van der Waals surface area contributed by atoms with Crippen LogP contribution in [0.2, 0.25) is 0 Å². The summed E-state index contributed by atoms with van der Waals surface area (Å²) in [6.07, 6.45) is 1.46. The van der Waals surface area contributed by atoms with Gasteiger partial charge in [-0.3, -0.25) is 4.79 Å². The molecule has 1 aromatic rings. The molecule has 0 aromatic heterocycles. The average molecular weight is 247 g/mol. The Morgan fingerprint density at radius 2 is 2.00 bits per heavy atom. The van der Waals surface area contributed by atoms with Crippen LogP contribution in [0.4, 0.5) is 5.69 Å². The SMILES string of the molecule is CN1CCCN(C(=O)Cc2ccccc2N)CC1. The van der Waals surface area contributed by atoms with Crippen LogP contribution in [0.5, 0.6) is 0 Å². The van der Waals surface area contributed by atoms with Gasteiger partial charge >= 0.3 is 0 Å². The highest BCUT2D eigenvalue weighted by atomic mass is 16.2. The minimum absolute atomic E-state index is 0.184. The van der Waals surface area contributed by atoms with Crippen molar-refractivity contribution in [3.63, 3.8) is 0 Å². The Bertz CT molecular complexity index is 419. The van der Waals surface area contributed by atoms with Gasteiger partial charge in [0.1, 0.15) is 0 Å². The van der Waals surface area contributed by atoms with Crippen LogP contribution < -0.4 is 5.73 Å². The molecule has 1 aromatic carbocycles. The van der Waals surface area contributed by atoms with E-state index in [4.69, 9.17) is 5.73 Å². The Kier molecular flexibility index (Phi) is 4.20. The van der Waals surface area contributed by atoms with E-state index in [2.05, 4.69) is 11.9 Å². The van der Waals surface area contributed by atoms with Gasteiger partial charge in [0, 0.05) is 25.3 Å². The molecule has 2 N–H and O–H groups in total. The van der Waals surface area contributed by atoms with Crippen LogP contribution in [-0.2, 0) is 11.2 Å². The fraction of sp³-hybridized carbons (Fsp3) is 0.500. The number of nitrogens with zero attached hydrogens (tertiary/aromatic N) is 2. The first-order valence-corrected chi connectivity index (χ1v) is 6.46. The number of hydrogen-bond donors (Lipinski definition) is 1. The highest BCUT2D eigenvalue weighted by Gasteiger charge is 2.18. The maximum atomic E-state index is 12.2. The molecule has 0 atom stereocenters. The smallest absolute Gasteiger partial charge is 0.227 e. The molecule has 0 spiro atoms. The van der Waals surface area contributed by atoms with E-state index in [0.29, 0.717) is 12.1 Å². The van der Waals surface area contributed by atoms with Crippen molar-refractivity contribution in [2.45, 2.75) is 12.8 Å². The van der Waals surface area contributed by atoms with Gasteiger partial charge in [-0.25, -0.2) is 0 Å². The summed E-state index contributed by atoms with van der Waals surface area (Å²) in [5, 5.41) is 0. The molecule has 98 valence electrons. The van der Waals surface area contributed by atoms with Crippen molar-refractivity contribution >= 4 is 11.6 Å². The predicted octanol–water partition coefficient (Wildman–Crippen LogP) is 0.975. The van der Waals surface area contributed by atoms with Crippen LogP contribution >= 0.6 is 0 Å². The molecule has 1 amide bonds. The Morgan fingerprint density at radius 1 is 1.22 bits per heavy atom. The van der Waals surface area contributed by atoms with E-state index in [1.807, 2.05) is 29.2 Å². The second-order valence-electron chi connectivity index (χ2n) is 4.91. The first kappa shape index (κ1) is 12.9. The summed E-state index contributed by atoms with van der Waals surface area (Å²) in [6.45, 7) is 3.70. The van der Waals surface area contributed by atoms with E-state index in [1.165, 1.54) is 0 Å². The first-order chi connectivity index (χ1) is 8.66. The number of carbonyl (C=O) groups excluding carboxylic acids is 1. The fourth-order valence-electron chi connectivity index (χ4n) is 2.27. The van der Waals surface area contributed by atoms with Gasteiger partial charge in [-0.05, 0) is 31.6 Å². The summed E-state index contributed by atoms with van der Waals surface area (Å²) < 4.78 is 0. The van der Waals surface area contributed by atoms with Gasteiger partial charge in [-0.15, -0.1) is 0 Å². The van der Waals surface area contributed by atoms with Crippen molar-refractivity contribution < 1.29 is 4.79 Å². The van der Waals surface area contributed by atoms with E-state index in [0.717, 1.165) is 38.2 Å². The summed E-state index contributed by atoms with van der Waals surface area (Å²) >= 11 is 0. The zero-order chi connectivity index (χ0) is 13.0. The number of para-hydroxylation sites is 1. The van der Waals surface area contributed by atoms with Crippen LogP contribution in [0.15, 0.2) is 24.3 Å². The molecule has 0 saturated carbocycles. The van der Waals surface area contributed by atoms with E-state index >= 15 is 0 Å². The van der Waals surface area contributed by atoms with Gasteiger partial charge < -0.3 is 15.5 Å². The Labute approximate surface area is 108 Å². The molecular formula is C14H21N3O. The van der Waals surface area contributed by atoms with Gasteiger partial charge in [0.25, 0.3) is 0 Å². The molecular weight excluding hydrogens is 226 g/mol. The van der Waals surface area contributed by atoms with Crippen molar-refractivity contribution in [3.8, 4) is 0 Å². The number of carbonyl (C=O) groups is 1. The normalized spacial score (nSPS) is 17.5. The second kappa shape index (κ2) is 5.87.